The van der Waals surface area contributed by atoms with Crippen LogP contribution in [-0.2, 0) is 6.54 Å². The Morgan fingerprint density at radius 2 is 2.22 bits per heavy atom. The Kier molecular flexibility index (Phi) is 4.01. The lowest BCUT2D eigenvalue weighted by Gasteiger charge is -2.10. The maximum atomic E-state index is 13.8. The highest BCUT2D eigenvalue weighted by Gasteiger charge is 2.10. The molecule has 0 spiro atoms. The van der Waals surface area contributed by atoms with E-state index in [1.165, 1.54) is 16.8 Å². The van der Waals surface area contributed by atoms with Gasteiger partial charge in [-0.3, -0.25) is 9.36 Å². The van der Waals surface area contributed by atoms with E-state index in [2.05, 4.69) is 4.98 Å². The molecule has 0 aliphatic heterocycles. The van der Waals surface area contributed by atoms with Crippen molar-refractivity contribution >= 4 is 34.2 Å². The third kappa shape index (κ3) is 2.56. The summed E-state index contributed by atoms with van der Waals surface area (Å²) in [6.45, 7) is 1.83. The predicted molar refractivity (Wildman–Crippen MR) is 76.5 cm³/mol. The van der Waals surface area contributed by atoms with Crippen LogP contribution in [0.2, 0.25) is 5.02 Å². The average molecular weight is 379 g/mol. The standard InChI is InChI=1S/C12H9ClFIN2O/c1-7-16-5-10(15)12(18)17(7)6-8-3-2-4-9(13)11(8)14/h2-5H,6H2,1H3. The number of nitrogens with zero attached hydrogens (tertiary/aromatic N) is 2. The Bertz CT molecular complexity index is 657. The summed E-state index contributed by atoms with van der Waals surface area (Å²) in [5.41, 5.74) is 0.193. The molecular weight excluding hydrogens is 370 g/mol. The molecule has 0 aliphatic carbocycles. The Hall–Kier alpha value is -0.950. The second kappa shape index (κ2) is 5.36. The molecule has 0 atom stereocenters. The molecule has 0 saturated heterocycles. The molecule has 18 heavy (non-hydrogen) atoms. The summed E-state index contributed by atoms with van der Waals surface area (Å²) in [7, 11) is 0. The van der Waals surface area contributed by atoms with Crippen LogP contribution in [0.25, 0.3) is 0 Å². The van der Waals surface area contributed by atoms with Gasteiger partial charge in [0.2, 0.25) is 0 Å². The van der Waals surface area contributed by atoms with Crippen LogP contribution < -0.4 is 5.56 Å². The van der Waals surface area contributed by atoms with E-state index in [0.29, 0.717) is 15.0 Å². The largest absolute Gasteiger partial charge is 0.291 e. The van der Waals surface area contributed by atoms with Crippen molar-refractivity contribution in [3.63, 3.8) is 0 Å². The molecule has 1 heterocycles. The van der Waals surface area contributed by atoms with Gasteiger partial charge in [0.05, 0.1) is 15.1 Å². The number of rotatable bonds is 2. The molecule has 0 fully saturated rings. The quantitative estimate of drug-likeness (QED) is 0.753. The predicted octanol–water partition coefficient (Wildman–Crippen LogP) is 3.00. The van der Waals surface area contributed by atoms with Crippen LogP contribution in [-0.4, -0.2) is 9.55 Å². The van der Waals surface area contributed by atoms with Gasteiger partial charge in [0.1, 0.15) is 11.6 Å². The van der Waals surface area contributed by atoms with E-state index < -0.39 is 5.82 Å². The minimum Gasteiger partial charge on any atom is -0.291 e. The maximum absolute atomic E-state index is 13.8. The first-order chi connectivity index (χ1) is 8.50. The topological polar surface area (TPSA) is 34.9 Å². The molecular formula is C12H9ClFIN2O. The number of halogens is 3. The first-order valence-electron chi connectivity index (χ1n) is 5.15. The minimum atomic E-state index is -0.496. The van der Waals surface area contributed by atoms with Gasteiger partial charge in [-0.05, 0) is 35.6 Å². The van der Waals surface area contributed by atoms with Gasteiger partial charge < -0.3 is 0 Å². The van der Waals surface area contributed by atoms with Crippen LogP contribution in [0.5, 0.6) is 0 Å². The second-order valence-corrected chi connectivity index (χ2v) is 5.33. The number of aromatic nitrogens is 2. The highest BCUT2D eigenvalue weighted by atomic mass is 127. The molecule has 1 aromatic heterocycles. The molecule has 94 valence electrons. The summed E-state index contributed by atoms with van der Waals surface area (Å²) in [5, 5.41) is 0.0526. The molecule has 3 nitrogen and oxygen atoms in total. The maximum Gasteiger partial charge on any atom is 0.267 e. The van der Waals surface area contributed by atoms with E-state index in [4.69, 9.17) is 11.6 Å². The fraction of sp³-hybridized carbons (Fsp3) is 0.167. The first kappa shape index (κ1) is 13.5. The fourth-order valence-corrected chi connectivity index (χ4v) is 2.20. The van der Waals surface area contributed by atoms with Gasteiger partial charge in [0, 0.05) is 11.8 Å². The van der Waals surface area contributed by atoms with Crippen LogP contribution in [0.3, 0.4) is 0 Å². The Morgan fingerprint density at radius 3 is 2.94 bits per heavy atom. The molecule has 2 aromatic rings. The molecule has 0 saturated carbocycles. The summed E-state index contributed by atoms with van der Waals surface area (Å²) in [6, 6.07) is 4.73. The van der Waals surface area contributed by atoms with E-state index in [0.717, 1.165) is 0 Å². The van der Waals surface area contributed by atoms with Crippen molar-refractivity contribution in [2.45, 2.75) is 13.5 Å². The highest BCUT2D eigenvalue weighted by molar-refractivity contribution is 14.1. The van der Waals surface area contributed by atoms with E-state index in [1.54, 1.807) is 19.1 Å². The zero-order valence-corrected chi connectivity index (χ0v) is 12.4. The normalized spacial score (nSPS) is 10.7. The first-order valence-corrected chi connectivity index (χ1v) is 6.61. The van der Waals surface area contributed by atoms with E-state index in [9.17, 15) is 9.18 Å². The van der Waals surface area contributed by atoms with Gasteiger partial charge in [0.15, 0.2) is 0 Å². The number of hydrogen-bond donors (Lipinski definition) is 0. The lowest BCUT2D eigenvalue weighted by molar-refractivity contribution is 0.589. The minimum absolute atomic E-state index is 0.0526. The van der Waals surface area contributed by atoms with Crippen LogP contribution in [0.15, 0.2) is 29.2 Å². The van der Waals surface area contributed by atoms with Crippen molar-refractivity contribution in [3.05, 3.63) is 60.5 Å². The number of benzene rings is 1. The van der Waals surface area contributed by atoms with Gasteiger partial charge in [0.25, 0.3) is 5.56 Å². The fourth-order valence-electron chi connectivity index (χ4n) is 1.58. The molecule has 0 amide bonds. The third-order valence-corrected chi connectivity index (χ3v) is 3.60. The SMILES string of the molecule is Cc1ncc(I)c(=O)n1Cc1cccc(Cl)c1F. The Labute approximate surface area is 122 Å². The van der Waals surface area contributed by atoms with Crippen LogP contribution in [0.4, 0.5) is 4.39 Å². The van der Waals surface area contributed by atoms with Gasteiger partial charge in [-0.1, -0.05) is 23.7 Å². The van der Waals surface area contributed by atoms with Crippen molar-refractivity contribution in [3.8, 4) is 0 Å². The lowest BCUT2D eigenvalue weighted by Crippen LogP contribution is -2.26. The van der Waals surface area contributed by atoms with Gasteiger partial charge in [-0.25, -0.2) is 9.37 Å². The molecule has 1 aromatic carbocycles. The molecule has 0 aliphatic rings. The third-order valence-electron chi connectivity index (χ3n) is 2.56. The van der Waals surface area contributed by atoms with Crippen molar-refractivity contribution in [1.82, 2.24) is 9.55 Å². The zero-order valence-electron chi connectivity index (χ0n) is 9.45. The highest BCUT2D eigenvalue weighted by Crippen LogP contribution is 2.18. The van der Waals surface area contributed by atoms with Crippen LogP contribution in [0, 0.1) is 16.3 Å². The van der Waals surface area contributed by atoms with E-state index in [-0.39, 0.29) is 17.1 Å². The van der Waals surface area contributed by atoms with Gasteiger partial charge in [-0.2, -0.15) is 0 Å². The number of hydrogen-bond acceptors (Lipinski definition) is 2. The summed E-state index contributed by atoms with van der Waals surface area (Å²) in [6.07, 6.45) is 1.50. The van der Waals surface area contributed by atoms with E-state index in [1.807, 2.05) is 22.6 Å². The molecule has 0 radical (unpaired) electrons. The monoisotopic (exact) mass is 378 g/mol. The summed E-state index contributed by atoms with van der Waals surface area (Å²) in [5.74, 6) is 0.0455. The summed E-state index contributed by atoms with van der Waals surface area (Å²) in [4.78, 5) is 16.0. The summed E-state index contributed by atoms with van der Waals surface area (Å²) < 4.78 is 15.7. The van der Waals surface area contributed by atoms with Gasteiger partial charge >= 0.3 is 0 Å². The van der Waals surface area contributed by atoms with Gasteiger partial charge in [-0.15, -0.1) is 0 Å². The van der Waals surface area contributed by atoms with Crippen molar-refractivity contribution < 1.29 is 4.39 Å². The second-order valence-electron chi connectivity index (χ2n) is 3.76. The average Bonchev–Trinajstić information content (AvgIpc) is 2.35. The number of aryl methyl sites for hydroxylation is 1. The van der Waals surface area contributed by atoms with Crippen molar-refractivity contribution in [1.29, 1.82) is 0 Å². The molecule has 6 heteroatoms. The van der Waals surface area contributed by atoms with Crippen molar-refractivity contribution in [2.24, 2.45) is 0 Å². The smallest absolute Gasteiger partial charge is 0.267 e. The molecule has 2 rings (SSSR count). The summed E-state index contributed by atoms with van der Waals surface area (Å²) >= 11 is 7.62. The molecule has 0 unspecified atom stereocenters. The zero-order chi connectivity index (χ0) is 13.3. The van der Waals surface area contributed by atoms with Crippen LogP contribution >= 0.6 is 34.2 Å². The molecule has 0 N–H and O–H groups in total. The molecule has 0 bridgehead atoms. The lowest BCUT2D eigenvalue weighted by atomic mass is 10.2. The van der Waals surface area contributed by atoms with Crippen LogP contribution in [0.1, 0.15) is 11.4 Å². The Morgan fingerprint density at radius 1 is 1.50 bits per heavy atom. The van der Waals surface area contributed by atoms with Crippen molar-refractivity contribution in [2.75, 3.05) is 0 Å². The Balaban J connectivity index is 2.50. The van der Waals surface area contributed by atoms with E-state index >= 15 is 0 Å².